The first-order valence-corrected chi connectivity index (χ1v) is 6.37. The minimum atomic E-state index is -0.492. The van der Waals surface area contributed by atoms with Gasteiger partial charge in [0.15, 0.2) is 0 Å². The summed E-state index contributed by atoms with van der Waals surface area (Å²) in [5.74, 6) is 0.0220. The maximum Gasteiger partial charge on any atom is 0.410 e. The molecule has 0 spiro atoms. The van der Waals surface area contributed by atoms with Gasteiger partial charge in [-0.3, -0.25) is 0 Å². The molecule has 2 heterocycles. The molecule has 2 rings (SSSR count). The Morgan fingerprint density at radius 1 is 1.58 bits per heavy atom. The summed E-state index contributed by atoms with van der Waals surface area (Å²) in [6, 6.07) is 0. The van der Waals surface area contributed by atoms with Crippen LogP contribution in [-0.4, -0.2) is 58.3 Å². The topological polar surface area (TPSA) is 80.3 Å². The number of amides is 1. The SMILES string of the molecule is CC(C)(C)OC(=O)N1CCOCC(c2cn[nH]n2)C1. The summed E-state index contributed by atoms with van der Waals surface area (Å²) < 4.78 is 10.9. The van der Waals surface area contributed by atoms with Gasteiger partial charge in [0.25, 0.3) is 0 Å². The van der Waals surface area contributed by atoms with Gasteiger partial charge in [-0.25, -0.2) is 4.79 Å². The predicted octanol–water partition coefficient (Wildman–Crippen LogP) is 1.16. The first-order valence-electron chi connectivity index (χ1n) is 6.37. The molecular formula is C12H20N4O3. The third-order valence-corrected chi connectivity index (χ3v) is 2.77. The molecule has 19 heavy (non-hydrogen) atoms. The Morgan fingerprint density at radius 3 is 3.00 bits per heavy atom. The minimum absolute atomic E-state index is 0.0220. The van der Waals surface area contributed by atoms with Gasteiger partial charge in [0.1, 0.15) is 5.60 Å². The Hall–Kier alpha value is -1.63. The summed E-state index contributed by atoms with van der Waals surface area (Å²) in [5.41, 5.74) is 0.309. The van der Waals surface area contributed by atoms with Gasteiger partial charge in [-0.05, 0) is 20.8 Å². The molecule has 1 fully saturated rings. The number of aromatic amines is 1. The van der Waals surface area contributed by atoms with E-state index in [0.29, 0.717) is 26.3 Å². The van der Waals surface area contributed by atoms with Gasteiger partial charge in [-0.2, -0.15) is 15.4 Å². The van der Waals surface area contributed by atoms with Gasteiger partial charge in [0.05, 0.1) is 25.1 Å². The van der Waals surface area contributed by atoms with Crippen LogP contribution in [0.4, 0.5) is 4.79 Å². The second-order valence-corrected chi connectivity index (χ2v) is 5.59. The lowest BCUT2D eigenvalue weighted by atomic mass is 10.1. The van der Waals surface area contributed by atoms with Crippen molar-refractivity contribution in [2.24, 2.45) is 0 Å². The summed E-state index contributed by atoms with van der Waals surface area (Å²) in [4.78, 5) is 13.8. The fourth-order valence-corrected chi connectivity index (χ4v) is 1.89. The van der Waals surface area contributed by atoms with E-state index in [1.165, 1.54) is 0 Å². The number of nitrogens with one attached hydrogen (secondary N) is 1. The van der Waals surface area contributed by atoms with E-state index in [-0.39, 0.29) is 12.0 Å². The number of H-pyrrole nitrogens is 1. The molecule has 0 aromatic carbocycles. The highest BCUT2D eigenvalue weighted by molar-refractivity contribution is 5.68. The molecule has 1 aliphatic rings. The maximum atomic E-state index is 12.1. The van der Waals surface area contributed by atoms with Crippen LogP contribution in [0.25, 0.3) is 0 Å². The van der Waals surface area contributed by atoms with Crippen molar-refractivity contribution >= 4 is 6.09 Å². The van der Waals surface area contributed by atoms with Gasteiger partial charge in [0, 0.05) is 19.0 Å². The predicted molar refractivity (Wildman–Crippen MR) is 67.7 cm³/mol. The Bertz CT molecular complexity index is 413. The lowest BCUT2D eigenvalue weighted by Gasteiger charge is -2.27. The molecule has 7 nitrogen and oxygen atoms in total. The van der Waals surface area contributed by atoms with Gasteiger partial charge in [0.2, 0.25) is 0 Å². The number of rotatable bonds is 1. The highest BCUT2D eigenvalue weighted by Gasteiger charge is 2.28. The summed E-state index contributed by atoms with van der Waals surface area (Å²) in [6.45, 7) is 7.67. The molecule has 0 bridgehead atoms. The van der Waals surface area contributed by atoms with Gasteiger partial charge < -0.3 is 14.4 Å². The number of nitrogens with zero attached hydrogens (tertiary/aromatic N) is 3. The molecule has 106 valence electrons. The Kier molecular flexibility index (Phi) is 4.04. The van der Waals surface area contributed by atoms with Crippen molar-refractivity contribution in [3.05, 3.63) is 11.9 Å². The minimum Gasteiger partial charge on any atom is -0.444 e. The lowest BCUT2D eigenvalue weighted by molar-refractivity contribution is 0.0240. The molecule has 1 amide bonds. The van der Waals surface area contributed by atoms with Crippen molar-refractivity contribution in [3.8, 4) is 0 Å². The normalized spacial score (nSPS) is 21.0. The molecule has 0 aliphatic carbocycles. The lowest BCUT2D eigenvalue weighted by Crippen LogP contribution is -2.39. The largest absolute Gasteiger partial charge is 0.444 e. The van der Waals surface area contributed by atoms with Crippen molar-refractivity contribution in [2.75, 3.05) is 26.3 Å². The van der Waals surface area contributed by atoms with Crippen molar-refractivity contribution < 1.29 is 14.3 Å². The van der Waals surface area contributed by atoms with E-state index in [2.05, 4.69) is 15.4 Å². The van der Waals surface area contributed by atoms with E-state index in [0.717, 1.165) is 5.69 Å². The molecule has 1 aliphatic heterocycles. The van der Waals surface area contributed by atoms with Gasteiger partial charge in [-0.15, -0.1) is 0 Å². The van der Waals surface area contributed by atoms with Crippen LogP contribution < -0.4 is 0 Å². The van der Waals surface area contributed by atoms with E-state index in [4.69, 9.17) is 9.47 Å². The van der Waals surface area contributed by atoms with E-state index in [1.807, 2.05) is 20.8 Å². The van der Waals surface area contributed by atoms with Crippen molar-refractivity contribution in [2.45, 2.75) is 32.3 Å². The van der Waals surface area contributed by atoms with Gasteiger partial charge in [-0.1, -0.05) is 0 Å². The monoisotopic (exact) mass is 268 g/mol. The molecule has 7 heteroatoms. The standard InChI is InChI=1S/C12H20N4O3/c1-12(2,3)19-11(17)16-4-5-18-8-9(7-16)10-6-13-15-14-10/h6,9H,4-5,7-8H2,1-3H3,(H,13,14,15). The molecule has 0 saturated carbocycles. The average molecular weight is 268 g/mol. The van der Waals surface area contributed by atoms with Crippen LogP contribution in [0.2, 0.25) is 0 Å². The summed E-state index contributed by atoms with van der Waals surface area (Å²) >= 11 is 0. The smallest absolute Gasteiger partial charge is 0.410 e. The van der Waals surface area contributed by atoms with Crippen LogP contribution in [0.15, 0.2) is 6.20 Å². The van der Waals surface area contributed by atoms with Crippen LogP contribution in [0.3, 0.4) is 0 Å². The van der Waals surface area contributed by atoms with Gasteiger partial charge >= 0.3 is 6.09 Å². The molecule has 1 aromatic heterocycles. The van der Waals surface area contributed by atoms with E-state index in [1.54, 1.807) is 11.1 Å². The zero-order valence-electron chi connectivity index (χ0n) is 11.5. The number of carbonyl (C=O) groups excluding carboxylic acids is 1. The number of hydrogen-bond acceptors (Lipinski definition) is 5. The van der Waals surface area contributed by atoms with Crippen LogP contribution in [0, 0.1) is 0 Å². The summed E-state index contributed by atoms with van der Waals surface area (Å²) in [7, 11) is 0. The van der Waals surface area contributed by atoms with Crippen molar-refractivity contribution in [1.29, 1.82) is 0 Å². The zero-order chi connectivity index (χ0) is 13.9. The quantitative estimate of drug-likeness (QED) is 0.826. The first kappa shape index (κ1) is 13.8. The Labute approximate surface area is 112 Å². The van der Waals surface area contributed by atoms with Crippen LogP contribution in [0.1, 0.15) is 32.4 Å². The fraction of sp³-hybridized carbons (Fsp3) is 0.750. The molecule has 1 aromatic rings. The molecular weight excluding hydrogens is 248 g/mol. The number of carbonyl (C=O) groups is 1. The Balaban J connectivity index is 2.02. The summed E-state index contributed by atoms with van der Waals surface area (Å²) in [6.07, 6.45) is 1.35. The van der Waals surface area contributed by atoms with Crippen LogP contribution in [0.5, 0.6) is 0 Å². The second-order valence-electron chi connectivity index (χ2n) is 5.59. The van der Waals surface area contributed by atoms with Crippen LogP contribution in [-0.2, 0) is 9.47 Å². The third kappa shape index (κ3) is 3.92. The molecule has 1 atom stereocenters. The maximum absolute atomic E-state index is 12.1. The van der Waals surface area contributed by atoms with Crippen LogP contribution >= 0.6 is 0 Å². The fourth-order valence-electron chi connectivity index (χ4n) is 1.89. The number of aromatic nitrogens is 3. The highest BCUT2D eigenvalue weighted by Crippen LogP contribution is 2.19. The first-order chi connectivity index (χ1) is 8.96. The average Bonchev–Trinajstić information content (AvgIpc) is 2.71. The molecule has 0 radical (unpaired) electrons. The number of ether oxygens (including phenoxy) is 2. The second kappa shape index (κ2) is 5.56. The molecule has 1 unspecified atom stereocenters. The molecule has 1 N–H and O–H groups in total. The number of hydrogen-bond donors (Lipinski definition) is 1. The Morgan fingerprint density at radius 2 is 2.37 bits per heavy atom. The molecule has 1 saturated heterocycles. The summed E-state index contributed by atoms with van der Waals surface area (Å²) in [5, 5.41) is 10.4. The van der Waals surface area contributed by atoms with E-state index in [9.17, 15) is 4.79 Å². The van der Waals surface area contributed by atoms with Crippen molar-refractivity contribution in [3.63, 3.8) is 0 Å². The highest BCUT2D eigenvalue weighted by atomic mass is 16.6. The van der Waals surface area contributed by atoms with Crippen molar-refractivity contribution in [1.82, 2.24) is 20.3 Å². The van der Waals surface area contributed by atoms with E-state index >= 15 is 0 Å². The zero-order valence-corrected chi connectivity index (χ0v) is 11.5. The van der Waals surface area contributed by atoms with E-state index < -0.39 is 5.60 Å². The third-order valence-electron chi connectivity index (χ3n) is 2.77.